The number of rotatable bonds is 7. The average molecular weight is 513 g/mol. The highest BCUT2D eigenvalue weighted by Gasteiger charge is 2.13. The second-order valence-corrected chi connectivity index (χ2v) is 8.03. The molecule has 156 valence electrons. The summed E-state index contributed by atoms with van der Waals surface area (Å²) in [4.78, 5) is 28.2. The molecule has 7 nitrogen and oxygen atoms in total. The normalized spacial score (nSPS) is 11.3. The van der Waals surface area contributed by atoms with Crippen LogP contribution in [-0.2, 0) is 11.2 Å². The van der Waals surface area contributed by atoms with Crippen LogP contribution in [0.15, 0.2) is 44.7 Å². The van der Waals surface area contributed by atoms with Gasteiger partial charge in [-0.2, -0.15) is 9.78 Å². The number of benzene rings is 2. The van der Waals surface area contributed by atoms with Crippen molar-refractivity contribution >= 4 is 62.2 Å². The SMILES string of the molecule is CCCc1nc2ccc(Br)cc2c(=O)n1N=Cc1cc(Cl)c(OCC(=O)O)c(Cl)c1. The van der Waals surface area contributed by atoms with E-state index in [-0.39, 0.29) is 21.4 Å². The van der Waals surface area contributed by atoms with Gasteiger partial charge in [0.15, 0.2) is 12.4 Å². The van der Waals surface area contributed by atoms with Crippen LogP contribution in [0.2, 0.25) is 10.0 Å². The number of hydrogen-bond acceptors (Lipinski definition) is 5. The third kappa shape index (κ3) is 5.00. The van der Waals surface area contributed by atoms with Crippen molar-refractivity contribution in [3.05, 3.63) is 66.6 Å². The van der Waals surface area contributed by atoms with Gasteiger partial charge in [-0.1, -0.05) is 46.1 Å². The first-order valence-electron chi connectivity index (χ1n) is 8.89. The van der Waals surface area contributed by atoms with E-state index in [9.17, 15) is 9.59 Å². The van der Waals surface area contributed by atoms with Crippen LogP contribution in [0.1, 0.15) is 24.7 Å². The van der Waals surface area contributed by atoms with Gasteiger partial charge in [-0.15, -0.1) is 0 Å². The third-order valence-corrected chi connectivity index (χ3v) is 5.09. The van der Waals surface area contributed by atoms with Gasteiger partial charge < -0.3 is 9.84 Å². The van der Waals surface area contributed by atoms with E-state index in [0.717, 1.165) is 10.9 Å². The molecule has 3 rings (SSSR count). The number of aryl methyl sites for hydroxylation is 1. The molecule has 2 aromatic carbocycles. The summed E-state index contributed by atoms with van der Waals surface area (Å²) in [5.74, 6) is -0.544. The highest BCUT2D eigenvalue weighted by atomic mass is 79.9. The van der Waals surface area contributed by atoms with E-state index in [0.29, 0.717) is 28.7 Å². The summed E-state index contributed by atoms with van der Waals surface area (Å²) >= 11 is 15.7. The predicted octanol–water partition coefficient (Wildman–Crippen LogP) is 4.76. The van der Waals surface area contributed by atoms with E-state index >= 15 is 0 Å². The molecule has 0 fully saturated rings. The number of halogens is 3. The van der Waals surface area contributed by atoms with Crippen LogP contribution >= 0.6 is 39.1 Å². The molecule has 0 aliphatic carbocycles. The number of aromatic nitrogens is 2. The molecule has 1 N–H and O–H groups in total. The van der Waals surface area contributed by atoms with Crippen molar-refractivity contribution in [3.8, 4) is 5.75 Å². The molecule has 3 aromatic rings. The van der Waals surface area contributed by atoms with Gasteiger partial charge in [0, 0.05) is 10.9 Å². The largest absolute Gasteiger partial charge is 0.479 e. The zero-order valence-corrected chi connectivity index (χ0v) is 18.8. The van der Waals surface area contributed by atoms with E-state index < -0.39 is 12.6 Å². The van der Waals surface area contributed by atoms with Gasteiger partial charge in [-0.05, 0) is 42.3 Å². The zero-order chi connectivity index (χ0) is 21.8. The highest BCUT2D eigenvalue weighted by Crippen LogP contribution is 2.33. The lowest BCUT2D eigenvalue weighted by molar-refractivity contribution is -0.139. The Balaban J connectivity index is 2.03. The van der Waals surface area contributed by atoms with Crippen LogP contribution in [-0.4, -0.2) is 33.6 Å². The van der Waals surface area contributed by atoms with Crippen molar-refractivity contribution in [2.24, 2.45) is 5.10 Å². The van der Waals surface area contributed by atoms with Crippen LogP contribution in [0.4, 0.5) is 0 Å². The molecule has 0 aliphatic heterocycles. The maximum absolute atomic E-state index is 13.0. The number of ether oxygens (including phenoxy) is 1. The summed E-state index contributed by atoms with van der Waals surface area (Å²) in [5, 5.41) is 13.7. The Hall–Kier alpha value is -2.42. The average Bonchev–Trinajstić information content (AvgIpc) is 2.67. The Morgan fingerprint density at radius 2 is 2.00 bits per heavy atom. The van der Waals surface area contributed by atoms with E-state index in [1.807, 2.05) is 13.0 Å². The minimum absolute atomic E-state index is 0.0685. The molecule has 1 aromatic heterocycles. The predicted molar refractivity (Wildman–Crippen MR) is 120 cm³/mol. The molecule has 1 heterocycles. The summed E-state index contributed by atoms with van der Waals surface area (Å²) in [6.45, 7) is 1.42. The smallest absolute Gasteiger partial charge is 0.341 e. The van der Waals surface area contributed by atoms with Gasteiger partial charge in [0.2, 0.25) is 0 Å². The quantitative estimate of drug-likeness (QED) is 0.460. The van der Waals surface area contributed by atoms with Crippen molar-refractivity contribution in [3.63, 3.8) is 0 Å². The van der Waals surface area contributed by atoms with Crippen LogP contribution in [0, 0.1) is 0 Å². The third-order valence-electron chi connectivity index (χ3n) is 4.03. The number of fused-ring (bicyclic) bond motifs is 1. The zero-order valence-electron chi connectivity index (χ0n) is 15.7. The van der Waals surface area contributed by atoms with E-state index in [4.69, 9.17) is 33.0 Å². The highest BCUT2D eigenvalue weighted by molar-refractivity contribution is 9.10. The molecule has 0 unspecified atom stereocenters. The van der Waals surface area contributed by atoms with E-state index in [2.05, 4.69) is 26.0 Å². The van der Waals surface area contributed by atoms with Crippen molar-refractivity contribution in [2.45, 2.75) is 19.8 Å². The van der Waals surface area contributed by atoms with Gasteiger partial charge in [-0.25, -0.2) is 9.78 Å². The molecular weight excluding hydrogens is 497 g/mol. The fraction of sp³-hybridized carbons (Fsp3) is 0.200. The van der Waals surface area contributed by atoms with Gasteiger partial charge in [-0.3, -0.25) is 4.79 Å². The molecule has 0 amide bonds. The topological polar surface area (TPSA) is 93.8 Å². The Bertz CT molecular complexity index is 1190. The maximum atomic E-state index is 13.0. The molecule has 0 saturated heterocycles. The van der Waals surface area contributed by atoms with Crippen LogP contribution in [0.25, 0.3) is 10.9 Å². The first-order valence-corrected chi connectivity index (χ1v) is 10.4. The Morgan fingerprint density at radius 3 is 2.63 bits per heavy atom. The second-order valence-electron chi connectivity index (χ2n) is 6.30. The number of nitrogens with zero attached hydrogens (tertiary/aromatic N) is 3. The minimum atomic E-state index is -1.15. The second kappa shape index (κ2) is 9.59. The first kappa shape index (κ1) is 22.3. The summed E-state index contributed by atoms with van der Waals surface area (Å²) in [5.41, 5.74) is 0.820. The summed E-state index contributed by atoms with van der Waals surface area (Å²) in [6, 6.07) is 8.35. The number of hydrogen-bond donors (Lipinski definition) is 1. The molecule has 0 bridgehead atoms. The van der Waals surface area contributed by atoms with E-state index in [1.165, 1.54) is 23.0 Å². The number of carbonyl (C=O) groups is 1. The van der Waals surface area contributed by atoms with Crippen molar-refractivity contribution in [1.82, 2.24) is 9.66 Å². The summed E-state index contributed by atoms with van der Waals surface area (Å²) < 4.78 is 7.12. The molecule has 0 spiro atoms. The molecule has 0 atom stereocenters. The van der Waals surface area contributed by atoms with Crippen LogP contribution in [0.5, 0.6) is 5.75 Å². The standard InChI is InChI=1S/C20H16BrCl2N3O4/c1-2-3-17-25-16-5-4-12(21)8-13(16)20(29)26(17)24-9-11-6-14(22)19(15(23)7-11)30-10-18(27)28/h4-9H,2-3,10H2,1H3,(H,27,28). The monoisotopic (exact) mass is 511 g/mol. The number of carboxylic acids is 1. The Kier molecular flexibility index (Phi) is 7.12. The lowest BCUT2D eigenvalue weighted by atomic mass is 10.2. The summed E-state index contributed by atoms with van der Waals surface area (Å²) in [6.07, 6.45) is 2.80. The van der Waals surface area contributed by atoms with Crippen molar-refractivity contribution in [1.29, 1.82) is 0 Å². The summed E-state index contributed by atoms with van der Waals surface area (Å²) in [7, 11) is 0. The van der Waals surface area contributed by atoms with Crippen molar-refractivity contribution < 1.29 is 14.6 Å². The fourth-order valence-electron chi connectivity index (χ4n) is 2.75. The Labute approximate surface area is 190 Å². The van der Waals surface area contributed by atoms with Gasteiger partial charge in [0.25, 0.3) is 5.56 Å². The van der Waals surface area contributed by atoms with Gasteiger partial charge in [0.05, 0.1) is 27.2 Å². The van der Waals surface area contributed by atoms with Crippen LogP contribution < -0.4 is 10.3 Å². The number of aliphatic carboxylic acids is 1. The van der Waals surface area contributed by atoms with E-state index in [1.54, 1.807) is 12.1 Å². The minimum Gasteiger partial charge on any atom is -0.479 e. The fourth-order valence-corrected chi connectivity index (χ4v) is 3.72. The molecule has 0 radical (unpaired) electrons. The molecule has 30 heavy (non-hydrogen) atoms. The molecule has 0 aliphatic rings. The van der Waals surface area contributed by atoms with Gasteiger partial charge in [0.1, 0.15) is 5.82 Å². The maximum Gasteiger partial charge on any atom is 0.341 e. The molecule has 0 saturated carbocycles. The molecular formula is C20H16BrCl2N3O4. The Morgan fingerprint density at radius 1 is 1.30 bits per heavy atom. The van der Waals surface area contributed by atoms with Crippen LogP contribution in [0.3, 0.4) is 0 Å². The van der Waals surface area contributed by atoms with Gasteiger partial charge >= 0.3 is 5.97 Å². The first-order chi connectivity index (χ1) is 14.3. The molecule has 10 heteroatoms. The lowest BCUT2D eigenvalue weighted by Crippen LogP contribution is -2.22. The number of carboxylic acid groups (broad SMARTS) is 1. The lowest BCUT2D eigenvalue weighted by Gasteiger charge is -2.10. The van der Waals surface area contributed by atoms with Crippen molar-refractivity contribution in [2.75, 3.05) is 6.61 Å².